The van der Waals surface area contributed by atoms with E-state index in [4.69, 9.17) is 22.0 Å². The van der Waals surface area contributed by atoms with Crippen molar-refractivity contribution in [1.82, 2.24) is 0 Å². The first-order valence-corrected chi connectivity index (χ1v) is 4.16. The lowest BCUT2D eigenvalue weighted by Crippen LogP contribution is -2.05. The van der Waals surface area contributed by atoms with Crippen LogP contribution in [0.1, 0.15) is 15.9 Å². The number of hydrogen-bond acceptors (Lipinski definition) is 3. The zero-order valence-electron chi connectivity index (χ0n) is 6.92. The molecule has 5 heteroatoms. The largest absolute Gasteiger partial charge is 0.505 e. The Balaban J connectivity index is 3.40. The molecule has 0 aliphatic heterocycles. The summed E-state index contributed by atoms with van der Waals surface area (Å²) in [6.07, 6.45) is 0. The molecule has 3 nitrogen and oxygen atoms in total. The predicted octanol–water partition coefficient (Wildman–Crippen LogP) is 1.82. The SMILES string of the molecule is N#Cc1c(C(=O)CCl)ccc(O)c1F. The lowest BCUT2D eigenvalue weighted by Gasteiger charge is -2.02. The van der Waals surface area contributed by atoms with E-state index >= 15 is 0 Å². The highest BCUT2D eigenvalue weighted by molar-refractivity contribution is 6.30. The van der Waals surface area contributed by atoms with Crippen LogP contribution < -0.4 is 0 Å². The fraction of sp³-hybridized carbons (Fsp3) is 0.111. The van der Waals surface area contributed by atoms with Crippen LogP contribution in [-0.4, -0.2) is 16.8 Å². The molecule has 1 aromatic carbocycles. The van der Waals surface area contributed by atoms with Crippen molar-refractivity contribution < 1.29 is 14.3 Å². The smallest absolute Gasteiger partial charge is 0.183 e. The average Bonchev–Trinajstić information content (AvgIpc) is 2.20. The Bertz CT molecular complexity index is 426. The summed E-state index contributed by atoms with van der Waals surface area (Å²) in [7, 11) is 0. The van der Waals surface area contributed by atoms with E-state index in [1.165, 1.54) is 12.1 Å². The molecule has 1 rings (SSSR count). The lowest BCUT2D eigenvalue weighted by molar-refractivity contribution is 0.102. The summed E-state index contributed by atoms with van der Waals surface area (Å²) >= 11 is 5.26. The van der Waals surface area contributed by atoms with Crippen molar-refractivity contribution in [3.63, 3.8) is 0 Å². The Kier molecular flexibility index (Phi) is 3.05. The minimum absolute atomic E-state index is 0.113. The molecule has 0 aromatic heterocycles. The van der Waals surface area contributed by atoms with Crippen LogP contribution in [0.25, 0.3) is 0 Å². The molecule has 0 aliphatic rings. The number of aromatic hydroxyl groups is 1. The number of halogens is 2. The summed E-state index contributed by atoms with van der Waals surface area (Å²) in [5.41, 5.74) is -0.589. The second kappa shape index (κ2) is 4.07. The Hall–Kier alpha value is -1.60. The number of benzene rings is 1. The lowest BCUT2D eigenvalue weighted by atomic mass is 10.0. The van der Waals surface area contributed by atoms with Crippen molar-refractivity contribution in [2.45, 2.75) is 0 Å². The van der Waals surface area contributed by atoms with Crippen LogP contribution >= 0.6 is 11.6 Å². The Labute approximate surface area is 84.3 Å². The molecular formula is C9H5ClFNO2. The number of hydrogen-bond donors (Lipinski definition) is 1. The number of ketones is 1. The summed E-state index contributed by atoms with van der Waals surface area (Å²) < 4.78 is 13.1. The van der Waals surface area contributed by atoms with Crippen LogP contribution in [0.4, 0.5) is 4.39 Å². The Morgan fingerprint density at radius 1 is 1.64 bits per heavy atom. The van der Waals surface area contributed by atoms with Gasteiger partial charge in [-0.1, -0.05) is 0 Å². The van der Waals surface area contributed by atoms with E-state index in [9.17, 15) is 9.18 Å². The van der Waals surface area contributed by atoms with E-state index in [2.05, 4.69) is 0 Å². The summed E-state index contributed by atoms with van der Waals surface area (Å²) in [6.45, 7) is 0. The van der Waals surface area contributed by atoms with E-state index in [1.54, 1.807) is 0 Å². The van der Waals surface area contributed by atoms with Crippen LogP contribution in [-0.2, 0) is 0 Å². The average molecular weight is 214 g/mol. The fourth-order valence-corrected chi connectivity index (χ4v) is 1.12. The van der Waals surface area contributed by atoms with Gasteiger partial charge in [0.25, 0.3) is 0 Å². The fourth-order valence-electron chi connectivity index (χ4n) is 0.979. The highest BCUT2D eigenvalue weighted by Crippen LogP contribution is 2.22. The van der Waals surface area contributed by atoms with Gasteiger partial charge in [-0.3, -0.25) is 4.79 Å². The predicted molar refractivity (Wildman–Crippen MR) is 47.8 cm³/mol. The number of carbonyl (C=O) groups excluding carboxylic acids is 1. The number of rotatable bonds is 2. The van der Waals surface area contributed by atoms with Crippen LogP contribution in [0.15, 0.2) is 12.1 Å². The molecule has 0 fully saturated rings. The highest BCUT2D eigenvalue weighted by Gasteiger charge is 2.17. The molecule has 0 bridgehead atoms. The molecule has 0 spiro atoms. The Morgan fingerprint density at radius 3 is 2.79 bits per heavy atom. The maximum atomic E-state index is 13.1. The monoisotopic (exact) mass is 213 g/mol. The molecule has 0 amide bonds. The Morgan fingerprint density at radius 2 is 2.29 bits per heavy atom. The number of phenols is 1. The number of Topliss-reactive ketones (excluding diaryl/α,β-unsaturated/α-hetero) is 1. The zero-order valence-corrected chi connectivity index (χ0v) is 7.68. The first-order valence-electron chi connectivity index (χ1n) is 3.62. The molecule has 72 valence electrons. The quantitative estimate of drug-likeness (QED) is 0.602. The second-order valence-corrected chi connectivity index (χ2v) is 2.76. The molecule has 0 saturated heterocycles. The maximum Gasteiger partial charge on any atom is 0.183 e. The standard InChI is InChI=1S/C9H5ClFNO2/c10-3-8(14)5-1-2-7(13)9(11)6(5)4-12/h1-2,13H,3H2. The van der Waals surface area contributed by atoms with Gasteiger partial charge < -0.3 is 5.11 Å². The van der Waals surface area contributed by atoms with E-state index in [1.807, 2.05) is 0 Å². The van der Waals surface area contributed by atoms with Gasteiger partial charge in [0, 0.05) is 5.56 Å². The number of phenolic OH excluding ortho intramolecular Hbond substituents is 1. The molecule has 0 atom stereocenters. The van der Waals surface area contributed by atoms with Gasteiger partial charge in [0.2, 0.25) is 0 Å². The normalized spacial score (nSPS) is 9.50. The minimum atomic E-state index is -1.09. The first-order chi connectivity index (χ1) is 6.61. The van der Waals surface area contributed by atoms with E-state index in [-0.39, 0.29) is 11.4 Å². The summed E-state index contributed by atoms with van der Waals surface area (Å²) in [6, 6.07) is 3.68. The number of carbonyl (C=O) groups is 1. The van der Waals surface area contributed by atoms with E-state index in [0.29, 0.717) is 0 Å². The van der Waals surface area contributed by atoms with Gasteiger partial charge >= 0.3 is 0 Å². The topological polar surface area (TPSA) is 61.1 Å². The van der Waals surface area contributed by atoms with Crippen molar-refractivity contribution in [3.8, 4) is 11.8 Å². The third kappa shape index (κ3) is 1.68. The van der Waals surface area contributed by atoms with Crippen LogP contribution in [0.5, 0.6) is 5.75 Å². The minimum Gasteiger partial charge on any atom is -0.505 e. The van der Waals surface area contributed by atoms with Crippen molar-refractivity contribution in [3.05, 3.63) is 29.1 Å². The third-order valence-electron chi connectivity index (χ3n) is 1.66. The number of nitriles is 1. The molecule has 1 aromatic rings. The molecule has 0 saturated carbocycles. The van der Waals surface area contributed by atoms with Gasteiger partial charge in [-0.05, 0) is 12.1 Å². The molecule has 0 aliphatic carbocycles. The summed E-state index contributed by atoms with van der Waals surface area (Å²) in [4.78, 5) is 11.1. The van der Waals surface area contributed by atoms with Crippen molar-refractivity contribution in [2.24, 2.45) is 0 Å². The molecule has 0 unspecified atom stereocenters. The molecular weight excluding hydrogens is 209 g/mol. The van der Waals surface area contributed by atoms with Crippen LogP contribution in [0.2, 0.25) is 0 Å². The van der Waals surface area contributed by atoms with Crippen LogP contribution in [0, 0.1) is 17.1 Å². The van der Waals surface area contributed by atoms with Gasteiger partial charge in [0.15, 0.2) is 17.3 Å². The van der Waals surface area contributed by atoms with Gasteiger partial charge in [0.05, 0.1) is 5.88 Å². The first kappa shape index (κ1) is 10.5. The van der Waals surface area contributed by atoms with E-state index < -0.39 is 22.9 Å². The zero-order chi connectivity index (χ0) is 10.7. The van der Waals surface area contributed by atoms with Gasteiger partial charge in [-0.25, -0.2) is 4.39 Å². The summed E-state index contributed by atoms with van der Waals surface area (Å²) in [5.74, 6) is -2.64. The number of nitrogens with zero attached hydrogens (tertiary/aromatic N) is 1. The highest BCUT2D eigenvalue weighted by atomic mass is 35.5. The van der Waals surface area contributed by atoms with Crippen molar-refractivity contribution in [1.29, 1.82) is 5.26 Å². The molecule has 0 heterocycles. The van der Waals surface area contributed by atoms with Crippen molar-refractivity contribution in [2.75, 3.05) is 5.88 Å². The van der Waals surface area contributed by atoms with Crippen molar-refractivity contribution >= 4 is 17.4 Å². The molecule has 0 radical (unpaired) electrons. The second-order valence-electron chi connectivity index (χ2n) is 2.49. The summed E-state index contributed by atoms with van der Waals surface area (Å²) in [5, 5.41) is 17.5. The molecule has 14 heavy (non-hydrogen) atoms. The van der Waals surface area contributed by atoms with Gasteiger partial charge in [0.1, 0.15) is 11.6 Å². The number of alkyl halides is 1. The van der Waals surface area contributed by atoms with Gasteiger partial charge in [-0.15, -0.1) is 11.6 Å². The third-order valence-corrected chi connectivity index (χ3v) is 1.90. The van der Waals surface area contributed by atoms with E-state index in [0.717, 1.165) is 6.07 Å². The van der Waals surface area contributed by atoms with Gasteiger partial charge in [-0.2, -0.15) is 5.26 Å². The maximum absolute atomic E-state index is 13.1. The molecule has 1 N–H and O–H groups in total. The van der Waals surface area contributed by atoms with Crippen LogP contribution in [0.3, 0.4) is 0 Å².